The van der Waals surface area contributed by atoms with Crippen LogP contribution in [0.15, 0.2) is 0 Å². The average molecular weight is 230 g/mol. The Labute approximate surface area is 94.0 Å². The maximum absolute atomic E-state index is 11.7. The summed E-state index contributed by atoms with van der Waals surface area (Å²) in [5.41, 5.74) is 10.6. The predicted octanol–water partition coefficient (Wildman–Crippen LogP) is -0.495. The van der Waals surface area contributed by atoms with Gasteiger partial charge in [-0.3, -0.25) is 14.4 Å². The first-order valence-corrected chi connectivity index (χ1v) is 5.06. The van der Waals surface area contributed by atoms with Gasteiger partial charge in [0.05, 0.1) is 12.5 Å². The summed E-state index contributed by atoms with van der Waals surface area (Å²) in [4.78, 5) is 33.1. The minimum absolute atomic E-state index is 0.192. The molecule has 0 aromatic rings. The molecule has 0 spiro atoms. The molecule has 0 aromatic carbocycles. The first-order chi connectivity index (χ1) is 7.25. The summed E-state index contributed by atoms with van der Waals surface area (Å²) in [5, 5.41) is 8.54. The molecule has 6 nitrogen and oxygen atoms in total. The van der Waals surface area contributed by atoms with E-state index in [2.05, 4.69) is 0 Å². The van der Waals surface area contributed by atoms with Crippen LogP contribution < -0.4 is 11.5 Å². The third-order valence-corrected chi connectivity index (χ3v) is 2.16. The summed E-state index contributed by atoms with van der Waals surface area (Å²) in [6.45, 7) is 3.76. The quantitative estimate of drug-likeness (QED) is 0.509. The number of hydrogen-bond acceptors (Lipinski definition) is 4. The number of primary amides is 1. The van der Waals surface area contributed by atoms with E-state index in [4.69, 9.17) is 16.6 Å². The Morgan fingerprint density at radius 2 is 1.75 bits per heavy atom. The van der Waals surface area contributed by atoms with E-state index < -0.39 is 36.0 Å². The molecule has 0 saturated carbocycles. The van der Waals surface area contributed by atoms with E-state index in [1.54, 1.807) is 0 Å². The van der Waals surface area contributed by atoms with Crippen LogP contribution in [-0.4, -0.2) is 28.8 Å². The van der Waals surface area contributed by atoms with E-state index in [-0.39, 0.29) is 5.92 Å². The highest BCUT2D eigenvalue weighted by Crippen LogP contribution is 2.11. The number of carboxylic acids is 1. The number of carboxylic acid groups (broad SMARTS) is 1. The van der Waals surface area contributed by atoms with E-state index in [0.29, 0.717) is 6.42 Å². The van der Waals surface area contributed by atoms with E-state index in [0.717, 1.165) is 0 Å². The zero-order valence-corrected chi connectivity index (χ0v) is 9.47. The smallest absolute Gasteiger partial charge is 0.304 e. The van der Waals surface area contributed by atoms with Crippen molar-refractivity contribution in [2.45, 2.75) is 32.7 Å². The lowest BCUT2D eigenvalue weighted by atomic mass is 9.90. The Bertz CT molecular complexity index is 289. The fourth-order valence-electron chi connectivity index (χ4n) is 1.40. The van der Waals surface area contributed by atoms with Gasteiger partial charge in [-0.15, -0.1) is 0 Å². The lowest BCUT2D eigenvalue weighted by molar-refractivity contribution is -0.144. The molecule has 0 aromatic heterocycles. The monoisotopic (exact) mass is 230 g/mol. The van der Waals surface area contributed by atoms with Crippen molar-refractivity contribution in [1.82, 2.24) is 0 Å². The Kier molecular flexibility index (Phi) is 5.66. The highest BCUT2D eigenvalue weighted by molar-refractivity contribution is 6.05. The van der Waals surface area contributed by atoms with Crippen molar-refractivity contribution in [3.05, 3.63) is 0 Å². The van der Waals surface area contributed by atoms with Crippen LogP contribution in [0.5, 0.6) is 0 Å². The maximum Gasteiger partial charge on any atom is 0.304 e. The molecule has 1 amide bonds. The molecule has 0 aliphatic rings. The minimum atomic E-state index is -1.33. The zero-order chi connectivity index (χ0) is 12.9. The first-order valence-electron chi connectivity index (χ1n) is 5.06. The topological polar surface area (TPSA) is 123 Å². The van der Waals surface area contributed by atoms with Crippen molar-refractivity contribution in [3.63, 3.8) is 0 Å². The number of carbonyl (C=O) groups excluding carboxylic acids is 2. The fraction of sp³-hybridized carbons (Fsp3) is 0.700. The number of aliphatic carboxylic acids is 1. The molecule has 0 aliphatic heterocycles. The Balaban J connectivity index is 4.61. The van der Waals surface area contributed by atoms with Crippen molar-refractivity contribution >= 4 is 17.7 Å². The molecule has 0 bridgehead atoms. The number of amides is 1. The van der Waals surface area contributed by atoms with Gasteiger partial charge in [0.25, 0.3) is 0 Å². The minimum Gasteiger partial charge on any atom is -0.481 e. The standard InChI is InChI=1S/C10H18N2O4/c1-5(2)3-7(11)9(15)6(10(12)16)4-8(13)14/h5-7H,3-4,11H2,1-2H3,(H2,12,16)(H,13,14)/t6-,7-/m0/s1. The van der Waals surface area contributed by atoms with Gasteiger partial charge in [-0.05, 0) is 12.3 Å². The van der Waals surface area contributed by atoms with Gasteiger partial charge in [0.1, 0.15) is 5.92 Å². The molecule has 0 rings (SSSR count). The molecule has 0 unspecified atom stereocenters. The number of ketones is 1. The van der Waals surface area contributed by atoms with E-state index in [1.165, 1.54) is 0 Å². The Morgan fingerprint density at radius 1 is 1.25 bits per heavy atom. The molecule has 0 fully saturated rings. The van der Waals surface area contributed by atoms with Crippen molar-refractivity contribution in [3.8, 4) is 0 Å². The molecular weight excluding hydrogens is 212 g/mol. The van der Waals surface area contributed by atoms with Crippen LogP contribution in [0.3, 0.4) is 0 Å². The molecule has 0 radical (unpaired) electrons. The molecule has 0 aliphatic carbocycles. The molecule has 16 heavy (non-hydrogen) atoms. The molecule has 92 valence electrons. The largest absolute Gasteiger partial charge is 0.481 e. The summed E-state index contributed by atoms with van der Waals surface area (Å²) in [7, 11) is 0. The fourth-order valence-corrected chi connectivity index (χ4v) is 1.40. The molecule has 0 saturated heterocycles. The molecular formula is C10H18N2O4. The second kappa shape index (κ2) is 6.22. The van der Waals surface area contributed by atoms with Crippen molar-refractivity contribution in [1.29, 1.82) is 0 Å². The summed E-state index contributed by atoms with van der Waals surface area (Å²) >= 11 is 0. The van der Waals surface area contributed by atoms with Crippen LogP contribution in [0.25, 0.3) is 0 Å². The second-order valence-corrected chi connectivity index (χ2v) is 4.19. The van der Waals surface area contributed by atoms with Crippen molar-refractivity contribution in [2.24, 2.45) is 23.3 Å². The zero-order valence-electron chi connectivity index (χ0n) is 9.47. The van der Waals surface area contributed by atoms with Gasteiger partial charge >= 0.3 is 5.97 Å². The summed E-state index contributed by atoms with van der Waals surface area (Å²) < 4.78 is 0. The van der Waals surface area contributed by atoms with Gasteiger partial charge in [0.2, 0.25) is 5.91 Å². The lowest BCUT2D eigenvalue weighted by Crippen LogP contribution is -2.43. The Hall–Kier alpha value is -1.43. The lowest BCUT2D eigenvalue weighted by Gasteiger charge is -2.17. The van der Waals surface area contributed by atoms with Crippen LogP contribution >= 0.6 is 0 Å². The number of rotatable bonds is 7. The number of carbonyl (C=O) groups is 3. The van der Waals surface area contributed by atoms with E-state index in [9.17, 15) is 14.4 Å². The first kappa shape index (κ1) is 14.6. The van der Waals surface area contributed by atoms with Gasteiger partial charge in [-0.2, -0.15) is 0 Å². The maximum atomic E-state index is 11.7. The number of hydrogen-bond donors (Lipinski definition) is 3. The highest BCUT2D eigenvalue weighted by atomic mass is 16.4. The van der Waals surface area contributed by atoms with Gasteiger partial charge in [-0.1, -0.05) is 13.8 Å². The number of Topliss-reactive ketones (excluding diaryl/α,β-unsaturated/α-hetero) is 1. The SMILES string of the molecule is CC(C)C[C@H](N)C(=O)[C@H](CC(=O)O)C(N)=O. The highest BCUT2D eigenvalue weighted by Gasteiger charge is 2.31. The van der Waals surface area contributed by atoms with E-state index in [1.807, 2.05) is 13.8 Å². The molecule has 0 heterocycles. The normalized spacial score (nSPS) is 14.5. The third kappa shape index (κ3) is 4.88. The van der Waals surface area contributed by atoms with Crippen LogP contribution in [0.1, 0.15) is 26.7 Å². The van der Waals surface area contributed by atoms with Gasteiger partial charge in [-0.25, -0.2) is 0 Å². The van der Waals surface area contributed by atoms with Gasteiger partial charge in [0.15, 0.2) is 5.78 Å². The third-order valence-electron chi connectivity index (χ3n) is 2.16. The number of nitrogens with two attached hydrogens (primary N) is 2. The Morgan fingerprint density at radius 3 is 2.06 bits per heavy atom. The van der Waals surface area contributed by atoms with E-state index >= 15 is 0 Å². The summed E-state index contributed by atoms with van der Waals surface area (Å²) in [6, 6.07) is -0.836. The average Bonchev–Trinajstić information content (AvgIpc) is 2.11. The van der Waals surface area contributed by atoms with Crippen LogP contribution in [0, 0.1) is 11.8 Å². The van der Waals surface area contributed by atoms with Crippen molar-refractivity contribution in [2.75, 3.05) is 0 Å². The van der Waals surface area contributed by atoms with Gasteiger partial charge < -0.3 is 16.6 Å². The molecule has 5 N–H and O–H groups in total. The van der Waals surface area contributed by atoms with Crippen molar-refractivity contribution < 1.29 is 19.5 Å². The molecule has 6 heteroatoms. The predicted molar refractivity (Wildman–Crippen MR) is 57.4 cm³/mol. The van der Waals surface area contributed by atoms with Crippen LogP contribution in [-0.2, 0) is 14.4 Å². The summed E-state index contributed by atoms with van der Waals surface area (Å²) in [6.07, 6.45) is -0.192. The van der Waals surface area contributed by atoms with Crippen LogP contribution in [0.4, 0.5) is 0 Å². The van der Waals surface area contributed by atoms with Gasteiger partial charge in [0, 0.05) is 0 Å². The van der Waals surface area contributed by atoms with Crippen LogP contribution in [0.2, 0.25) is 0 Å². The second-order valence-electron chi connectivity index (χ2n) is 4.19. The molecule has 2 atom stereocenters. The summed E-state index contributed by atoms with van der Waals surface area (Å²) in [5.74, 6) is -3.91.